The maximum atomic E-state index is 11.2. The van der Waals surface area contributed by atoms with Crippen molar-refractivity contribution in [3.8, 4) is 0 Å². The van der Waals surface area contributed by atoms with Gasteiger partial charge in [-0.2, -0.15) is 0 Å². The van der Waals surface area contributed by atoms with Gasteiger partial charge < -0.3 is 8.43 Å². The zero-order valence-electron chi connectivity index (χ0n) is 6.17. The third-order valence-electron chi connectivity index (χ3n) is 1.38. The van der Waals surface area contributed by atoms with E-state index in [2.05, 4.69) is 28.2 Å². The van der Waals surface area contributed by atoms with Crippen molar-refractivity contribution in [1.82, 2.24) is 8.43 Å². The first kappa shape index (κ1) is 8.58. The van der Waals surface area contributed by atoms with Gasteiger partial charge in [0.05, 0.1) is 35.1 Å². The molecule has 60 valence electrons. The highest BCUT2D eigenvalue weighted by Crippen LogP contribution is 2.06. The van der Waals surface area contributed by atoms with Crippen molar-refractivity contribution in [2.24, 2.45) is 0 Å². The molecule has 0 saturated carbocycles. The summed E-state index contributed by atoms with van der Waals surface area (Å²) >= 11 is 2.09. The summed E-state index contributed by atoms with van der Waals surface area (Å²) in [5.74, 6) is 0.118. The molecule has 0 radical (unpaired) electrons. The molecule has 1 N–H and O–H groups in total. The van der Waals surface area contributed by atoms with Crippen LogP contribution in [0, 0.1) is 0 Å². The van der Waals surface area contributed by atoms with E-state index in [1.54, 1.807) is 13.1 Å². The van der Waals surface area contributed by atoms with Gasteiger partial charge >= 0.3 is 0 Å². The van der Waals surface area contributed by atoms with Crippen LogP contribution < -0.4 is 5.32 Å². The van der Waals surface area contributed by atoms with E-state index in [1.807, 2.05) is 15.4 Å². The molecule has 0 amide bonds. The maximum absolute atomic E-state index is 11.2. The van der Waals surface area contributed by atoms with Gasteiger partial charge in [0, 0.05) is 13.2 Å². The summed E-state index contributed by atoms with van der Waals surface area (Å²) in [4.78, 5) is 11.2. The minimum atomic E-state index is 0.118. The number of rotatable bonds is 1. The third kappa shape index (κ3) is 2.21. The summed E-state index contributed by atoms with van der Waals surface area (Å²) in [5.41, 5.74) is 0.667. The van der Waals surface area contributed by atoms with Gasteiger partial charge in [-0.3, -0.25) is 4.79 Å². The van der Waals surface area contributed by atoms with Crippen molar-refractivity contribution in [2.45, 2.75) is 0 Å². The van der Waals surface area contributed by atoms with Gasteiger partial charge in [0.2, 0.25) is 0 Å². The zero-order chi connectivity index (χ0) is 8.27. The Hall–Kier alpha value is -0.520. The summed E-state index contributed by atoms with van der Waals surface area (Å²) in [5, 5.41) is 2.84. The molecular formula is C7H9IN2O. The molecule has 0 aromatic heterocycles. The highest BCUT2D eigenvalue weighted by atomic mass is 127. The lowest BCUT2D eigenvalue weighted by molar-refractivity contribution is -0.115. The van der Waals surface area contributed by atoms with Crippen molar-refractivity contribution in [2.75, 3.05) is 13.6 Å². The molecule has 0 fully saturated rings. The number of hydrogen-bond donors (Lipinski definition) is 1. The number of nitrogens with zero attached hydrogens (tertiary/aromatic N) is 1. The first-order valence-electron chi connectivity index (χ1n) is 3.26. The fourth-order valence-corrected chi connectivity index (χ4v) is 1.32. The van der Waals surface area contributed by atoms with E-state index in [0.717, 1.165) is 0 Å². The Bertz CT molecular complexity index is 222. The van der Waals surface area contributed by atoms with Crippen LogP contribution in [0.15, 0.2) is 24.0 Å². The standard InChI is InChI=1S/C7H9IN2O/c1-9-6-3-2-4-10(8)5-7(6)11/h2-4,9H,5H2,1H3. The van der Waals surface area contributed by atoms with Gasteiger partial charge in [-0.05, 0) is 12.2 Å². The SMILES string of the molecule is CNC1=CC=CN(I)CC1=O. The molecule has 11 heavy (non-hydrogen) atoms. The summed E-state index contributed by atoms with van der Waals surface area (Å²) in [6.45, 7) is 0.434. The van der Waals surface area contributed by atoms with Crippen LogP contribution in [0.3, 0.4) is 0 Å². The quantitative estimate of drug-likeness (QED) is 0.562. The summed E-state index contributed by atoms with van der Waals surface area (Å²) in [6, 6.07) is 0. The first-order valence-corrected chi connectivity index (χ1v) is 4.22. The van der Waals surface area contributed by atoms with Crippen LogP contribution in [0.2, 0.25) is 0 Å². The molecule has 0 spiro atoms. The Morgan fingerprint density at radius 3 is 3.09 bits per heavy atom. The van der Waals surface area contributed by atoms with Crippen LogP contribution in [0.4, 0.5) is 0 Å². The topological polar surface area (TPSA) is 32.3 Å². The van der Waals surface area contributed by atoms with E-state index in [9.17, 15) is 4.79 Å². The Kier molecular flexibility index (Phi) is 2.92. The number of carbonyl (C=O) groups is 1. The summed E-state index contributed by atoms with van der Waals surface area (Å²) < 4.78 is 1.82. The Morgan fingerprint density at radius 2 is 2.45 bits per heavy atom. The average molecular weight is 264 g/mol. The molecule has 0 aromatic carbocycles. The molecule has 1 heterocycles. The average Bonchev–Trinajstić information content (AvgIpc) is 2.11. The predicted octanol–water partition coefficient (Wildman–Crippen LogP) is 0.838. The highest BCUT2D eigenvalue weighted by Gasteiger charge is 2.11. The maximum Gasteiger partial charge on any atom is 0.198 e. The van der Waals surface area contributed by atoms with Crippen molar-refractivity contribution in [3.05, 3.63) is 24.0 Å². The molecule has 0 bridgehead atoms. The second-order valence-corrected chi connectivity index (χ2v) is 3.39. The largest absolute Gasteiger partial charge is 0.385 e. The zero-order valence-corrected chi connectivity index (χ0v) is 8.33. The van der Waals surface area contributed by atoms with E-state index in [4.69, 9.17) is 0 Å². The molecule has 1 aliphatic heterocycles. The number of Topliss-reactive ketones (excluding diaryl/α,β-unsaturated/α-hetero) is 1. The number of nitrogens with one attached hydrogen (secondary N) is 1. The van der Waals surface area contributed by atoms with Gasteiger partial charge in [0.1, 0.15) is 0 Å². The first-order chi connectivity index (χ1) is 5.24. The van der Waals surface area contributed by atoms with Gasteiger partial charge in [-0.15, -0.1) is 0 Å². The van der Waals surface area contributed by atoms with Crippen LogP contribution in [-0.4, -0.2) is 22.5 Å². The number of carbonyl (C=O) groups excluding carboxylic acids is 1. The molecule has 0 saturated heterocycles. The monoisotopic (exact) mass is 264 g/mol. The Morgan fingerprint density at radius 1 is 1.73 bits per heavy atom. The molecule has 0 aliphatic carbocycles. The molecule has 0 atom stereocenters. The lowest BCUT2D eigenvalue weighted by atomic mass is 10.3. The highest BCUT2D eigenvalue weighted by molar-refractivity contribution is 14.1. The van der Waals surface area contributed by atoms with Crippen LogP contribution in [0.25, 0.3) is 0 Å². The third-order valence-corrected chi connectivity index (χ3v) is 2.04. The van der Waals surface area contributed by atoms with Crippen molar-refractivity contribution < 1.29 is 4.79 Å². The van der Waals surface area contributed by atoms with Gasteiger partial charge in [0.15, 0.2) is 5.78 Å². The lowest BCUT2D eigenvalue weighted by Gasteiger charge is -2.08. The minimum absolute atomic E-state index is 0.118. The van der Waals surface area contributed by atoms with E-state index in [1.165, 1.54) is 0 Å². The van der Waals surface area contributed by atoms with Crippen molar-refractivity contribution >= 4 is 28.6 Å². The molecule has 0 unspecified atom stereocenters. The number of halogens is 1. The van der Waals surface area contributed by atoms with Crippen molar-refractivity contribution in [1.29, 1.82) is 0 Å². The molecular weight excluding hydrogens is 255 g/mol. The molecule has 1 aliphatic rings. The smallest absolute Gasteiger partial charge is 0.198 e. The lowest BCUT2D eigenvalue weighted by Crippen LogP contribution is -2.22. The van der Waals surface area contributed by atoms with E-state index >= 15 is 0 Å². The summed E-state index contributed by atoms with van der Waals surface area (Å²) in [6.07, 6.45) is 5.49. The second-order valence-electron chi connectivity index (χ2n) is 2.15. The van der Waals surface area contributed by atoms with E-state index in [-0.39, 0.29) is 5.78 Å². The van der Waals surface area contributed by atoms with Crippen LogP contribution in [-0.2, 0) is 4.79 Å². The number of likely N-dealkylation sites (N-methyl/N-ethyl adjacent to an activating group) is 1. The Labute approximate surface area is 79.6 Å². The van der Waals surface area contributed by atoms with Crippen LogP contribution in [0.5, 0.6) is 0 Å². The second kappa shape index (κ2) is 3.75. The molecule has 1 rings (SSSR count). The summed E-state index contributed by atoms with van der Waals surface area (Å²) in [7, 11) is 1.75. The number of ketones is 1. The van der Waals surface area contributed by atoms with E-state index < -0.39 is 0 Å². The number of hydrogen-bond acceptors (Lipinski definition) is 3. The normalized spacial score (nSPS) is 17.8. The molecule has 4 heteroatoms. The number of allylic oxidation sites excluding steroid dienone is 2. The van der Waals surface area contributed by atoms with Crippen molar-refractivity contribution in [3.63, 3.8) is 0 Å². The minimum Gasteiger partial charge on any atom is -0.385 e. The van der Waals surface area contributed by atoms with Gasteiger partial charge in [-0.1, -0.05) is 0 Å². The Balaban J connectivity index is 2.76. The predicted molar refractivity (Wildman–Crippen MR) is 52.0 cm³/mol. The van der Waals surface area contributed by atoms with Gasteiger partial charge in [-0.25, -0.2) is 0 Å². The fraction of sp³-hybridized carbons (Fsp3) is 0.286. The van der Waals surface area contributed by atoms with Crippen LogP contribution in [0.1, 0.15) is 0 Å². The van der Waals surface area contributed by atoms with Gasteiger partial charge in [0.25, 0.3) is 0 Å². The fourth-order valence-electron chi connectivity index (χ4n) is 0.823. The van der Waals surface area contributed by atoms with Crippen LogP contribution >= 0.6 is 22.9 Å². The molecule has 0 aromatic rings. The molecule has 3 nitrogen and oxygen atoms in total. The van der Waals surface area contributed by atoms with E-state index in [0.29, 0.717) is 12.2 Å².